The van der Waals surface area contributed by atoms with E-state index >= 15 is 0 Å². The lowest BCUT2D eigenvalue weighted by molar-refractivity contribution is -0.146. The molecule has 0 aromatic heterocycles. The van der Waals surface area contributed by atoms with Gasteiger partial charge in [0.05, 0.1) is 6.54 Å². The average molecular weight is 310 g/mol. The van der Waals surface area contributed by atoms with Gasteiger partial charge >= 0.3 is 0 Å². The van der Waals surface area contributed by atoms with Crippen molar-refractivity contribution >= 4 is 23.6 Å². The minimum atomic E-state index is -0.250. The standard InChI is InChI=1S/C16H26N2O2S/c19-14-11-18(10-13-8-4-5-9-21-13)16(20)15(17-14)12-6-2-1-3-7-12/h12-13,15H,1-11H2,(H,17,19). The molecule has 2 heterocycles. The van der Waals surface area contributed by atoms with E-state index in [1.165, 1.54) is 44.3 Å². The lowest BCUT2D eigenvalue weighted by atomic mass is 9.82. The van der Waals surface area contributed by atoms with Gasteiger partial charge in [-0.15, -0.1) is 0 Å². The topological polar surface area (TPSA) is 49.4 Å². The van der Waals surface area contributed by atoms with Crippen LogP contribution in [-0.2, 0) is 9.59 Å². The van der Waals surface area contributed by atoms with Crippen molar-refractivity contribution < 1.29 is 9.59 Å². The molecule has 3 aliphatic rings. The molecule has 2 aliphatic heterocycles. The molecule has 1 N–H and O–H groups in total. The summed E-state index contributed by atoms with van der Waals surface area (Å²) in [7, 11) is 0. The predicted molar refractivity (Wildman–Crippen MR) is 85.2 cm³/mol. The smallest absolute Gasteiger partial charge is 0.245 e. The zero-order valence-corrected chi connectivity index (χ0v) is 13.5. The van der Waals surface area contributed by atoms with E-state index in [4.69, 9.17) is 0 Å². The van der Waals surface area contributed by atoms with Crippen molar-refractivity contribution in [2.24, 2.45) is 5.92 Å². The van der Waals surface area contributed by atoms with Crippen LogP contribution in [0, 0.1) is 5.92 Å². The Morgan fingerprint density at radius 3 is 2.52 bits per heavy atom. The van der Waals surface area contributed by atoms with Crippen molar-refractivity contribution in [3.63, 3.8) is 0 Å². The molecule has 5 heteroatoms. The minimum absolute atomic E-state index is 0.0333. The Balaban J connectivity index is 1.63. The molecule has 0 spiro atoms. The normalized spacial score (nSPS) is 32.1. The molecule has 118 valence electrons. The van der Waals surface area contributed by atoms with Crippen LogP contribution < -0.4 is 5.32 Å². The Morgan fingerprint density at radius 2 is 1.81 bits per heavy atom. The van der Waals surface area contributed by atoms with Gasteiger partial charge < -0.3 is 10.2 Å². The van der Waals surface area contributed by atoms with Crippen LogP contribution in [0.5, 0.6) is 0 Å². The number of carbonyl (C=O) groups is 2. The minimum Gasteiger partial charge on any atom is -0.342 e. The first-order valence-corrected chi connectivity index (χ1v) is 9.48. The summed E-state index contributed by atoms with van der Waals surface area (Å²) < 4.78 is 0. The number of carbonyl (C=O) groups excluding carboxylic acids is 2. The third kappa shape index (κ3) is 3.74. The molecule has 21 heavy (non-hydrogen) atoms. The molecule has 4 nitrogen and oxygen atoms in total. The van der Waals surface area contributed by atoms with E-state index in [-0.39, 0.29) is 24.4 Å². The number of amides is 2. The third-order valence-electron chi connectivity index (χ3n) is 5.05. The molecule has 1 aliphatic carbocycles. The third-order valence-corrected chi connectivity index (χ3v) is 6.43. The van der Waals surface area contributed by atoms with Gasteiger partial charge in [-0.25, -0.2) is 0 Å². The Labute approximate surface area is 131 Å². The first kappa shape index (κ1) is 15.2. The summed E-state index contributed by atoms with van der Waals surface area (Å²) in [5, 5.41) is 3.49. The molecule has 3 rings (SSSR count). The van der Waals surface area contributed by atoms with Crippen LogP contribution in [0.25, 0.3) is 0 Å². The second-order valence-electron chi connectivity index (χ2n) is 6.65. The second-order valence-corrected chi connectivity index (χ2v) is 8.06. The number of hydrogen-bond donors (Lipinski definition) is 1. The van der Waals surface area contributed by atoms with Gasteiger partial charge in [-0.2, -0.15) is 11.8 Å². The summed E-state index contributed by atoms with van der Waals surface area (Å²) in [6.07, 6.45) is 9.58. The number of nitrogens with one attached hydrogen (secondary N) is 1. The quantitative estimate of drug-likeness (QED) is 0.869. The monoisotopic (exact) mass is 310 g/mol. The predicted octanol–water partition coefficient (Wildman–Crippen LogP) is 2.18. The molecular weight excluding hydrogens is 284 g/mol. The summed E-state index contributed by atoms with van der Waals surface area (Å²) in [6.45, 7) is 1.03. The van der Waals surface area contributed by atoms with E-state index in [1.54, 1.807) is 0 Å². The molecular formula is C16H26N2O2S. The summed E-state index contributed by atoms with van der Waals surface area (Å²) in [4.78, 5) is 26.6. The van der Waals surface area contributed by atoms with Crippen LogP contribution >= 0.6 is 11.8 Å². The number of nitrogens with zero attached hydrogens (tertiary/aromatic N) is 1. The van der Waals surface area contributed by atoms with Crippen LogP contribution in [0.15, 0.2) is 0 Å². The zero-order chi connectivity index (χ0) is 14.7. The van der Waals surface area contributed by atoms with E-state index in [9.17, 15) is 9.59 Å². The largest absolute Gasteiger partial charge is 0.342 e. The van der Waals surface area contributed by atoms with Gasteiger partial charge in [0.25, 0.3) is 0 Å². The summed E-state index contributed by atoms with van der Waals surface area (Å²) in [5.74, 6) is 1.76. The van der Waals surface area contributed by atoms with Crippen LogP contribution in [0.3, 0.4) is 0 Å². The maximum atomic E-state index is 12.7. The van der Waals surface area contributed by atoms with Crippen LogP contribution in [0.2, 0.25) is 0 Å². The summed E-state index contributed by atoms with van der Waals surface area (Å²) >= 11 is 1.97. The fourth-order valence-electron chi connectivity index (χ4n) is 3.87. The van der Waals surface area contributed by atoms with Gasteiger partial charge in [0.2, 0.25) is 11.8 Å². The molecule has 2 atom stereocenters. The van der Waals surface area contributed by atoms with Gasteiger partial charge in [0.15, 0.2) is 0 Å². The summed E-state index contributed by atoms with van der Waals surface area (Å²) in [6, 6.07) is -0.250. The molecule has 1 saturated carbocycles. The Bertz CT molecular complexity index is 390. The highest BCUT2D eigenvalue weighted by molar-refractivity contribution is 7.99. The molecule has 0 aromatic carbocycles. The molecule has 2 unspecified atom stereocenters. The van der Waals surface area contributed by atoms with E-state index in [1.807, 2.05) is 16.7 Å². The lowest BCUT2D eigenvalue weighted by Crippen LogP contribution is -2.61. The first-order chi connectivity index (χ1) is 10.2. The number of piperazine rings is 1. The first-order valence-electron chi connectivity index (χ1n) is 8.44. The van der Waals surface area contributed by atoms with Crippen LogP contribution in [0.4, 0.5) is 0 Å². The van der Waals surface area contributed by atoms with Crippen molar-refractivity contribution in [2.45, 2.75) is 62.7 Å². The van der Waals surface area contributed by atoms with E-state index in [0.29, 0.717) is 11.2 Å². The van der Waals surface area contributed by atoms with Crippen molar-refractivity contribution in [1.29, 1.82) is 0 Å². The average Bonchev–Trinajstić information content (AvgIpc) is 2.52. The van der Waals surface area contributed by atoms with Crippen molar-refractivity contribution in [1.82, 2.24) is 10.2 Å². The second kappa shape index (κ2) is 7.03. The van der Waals surface area contributed by atoms with E-state index in [0.717, 1.165) is 19.4 Å². The Hall–Kier alpha value is -0.710. The van der Waals surface area contributed by atoms with Crippen molar-refractivity contribution in [3.05, 3.63) is 0 Å². The van der Waals surface area contributed by atoms with E-state index in [2.05, 4.69) is 5.32 Å². The van der Waals surface area contributed by atoms with Gasteiger partial charge in [0.1, 0.15) is 6.04 Å². The maximum absolute atomic E-state index is 12.7. The SMILES string of the molecule is O=C1CN(CC2CCCCS2)C(=O)C(C2CCCCC2)N1. The fraction of sp³-hybridized carbons (Fsp3) is 0.875. The van der Waals surface area contributed by atoms with Gasteiger partial charge in [-0.1, -0.05) is 25.7 Å². The summed E-state index contributed by atoms with van der Waals surface area (Å²) in [5.41, 5.74) is 0. The van der Waals surface area contributed by atoms with Crippen molar-refractivity contribution in [3.8, 4) is 0 Å². The molecule has 2 amide bonds. The van der Waals surface area contributed by atoms with Gasteiger partial charge in [-0.05, 0) is 37.4 Å². The van der Waals surface area contributed by atoms with Crippen LogP contribution in [0.1, 0.15) is 51.4 Å². The molecule has 3 fully saturated rings. The molecule has 0 radical (unpaired) electrons. The Morgan fingerprint density at radius 1 is 1.05 bits per heavy atom. The number of rotatable bonds is 3. The zero-order valence-electron chi connectivity index (χ0n) is 12.7. The highest BCUT2D eigenvalue weighted by atomic mass is 32.2. The highest BCUT2D eigenvalue weighted by Gasteiger charge is 2.38. The lowest BCUT2D eigenvalue weighted by Gasteiger charge is -2.39. The molecule has 0 aromatic rings. The van der Waals surface area contributed by atoms with Gasteiger partial charge in [0, 0.05) is 11.8 Å². The highest BCUT2D eigenvalue weighted by Crippen LogP contribution is 2.30. The number of thioether (sulfide) groups is 1. The fourth-order valence-corrected chi connectivity index (χ4v) is 5.19. The maximum Gasteiger partial charge on any atom is 0.245 e. The van der Waals surface area contributed by atoms with Crippen molar-refractivity contribution in [2.75, 3.05) is 18.8 Å². The van der Waals surface area contributed by atoms with Crippen LogP contribution in [-0.4, -0.2) is 46.8 Å². The molecule has 2 saturated heterocycles. The van der Waals surface area contributed by atoms with Gasteiger partial charge in [-0.3, -0.25) is 9.59 Å². The molecule has 0 bridgehead atoms. The Kier molecular flexibility index (Phi) is 5.09. The number of hydrogen-bond acceptors (Lipinski definition) is 3. The van der Waals surface area contributed by atoms with E-state index < -0.39 is 0 Å².